The topological polar surface area (TPSA) is 90.6 Å². The third kappa shape index (κ3) is 2.65. The minimum atomic E-state index is -0.155. The van der Waals surface area contributed by atoms with Crippen molar-refractivity contribution < 1.29 is 14.3 Å². The van der Waals surface area contributed by atoms with Crippen LogP contribution in [0, 0.1) is 0 Å². The van der Waals surface area contributed by atoms with Crippen LogP contribution >= 0.6 is 0 Å². The molecule has 0 saturated heterocycles. The van der Waals surface area contributed by atoms with Crippen molar-refractivity contribution in [2.75, 3.05) is 14.2 Å². The standard InChI is InChI=1S/C17H17N5O3/c1-24-14-7-10-3-4-13(12(10)9-15(14)25-2)18-17(23)11-5-6-22-16(8-11)19-20-21-22/h5-9,13H,3-4H2,1-2H3,(H,18,23)/t13-/m0/s1. The average Bonchev–Trinajstić information content (AvgIpc) is 3.26. The molecule has 1 aliphatic carbocycles. The maximum atomic E-state index is 12.6. The molecule has 3 aromatic rings. The number of aromatic nitrogens is 4. The molecule has 0 aliphatic heterocycles. The summed E-state index contributed by atoms with van der Waals surface area (Å²) in [5.74, 6) is 1.22. The maximum Gasteiger partial charge on any atom is 0.251 e. The van der Waals surface area contributed by atoms with Crippen molar-refractivity contribution in [3.63, 3.8) is 0 Å². The summed E-state index contributed by atoms with van der Waals surface area (Å²) in [6.07, 6.45) is 3.39. The highest BCUT2D eigenvalue weighted by Crippen LogP contribution is 2.39. The molecule has 0 fully saturated rings. The number of amides is 1. The quantitative estimate of drug-likeness (QED) is 0.776. The third-order valence-electron chi connectivity index (χ3n) is 4.49. The molecule has 128 valence electrons. The van der Waals surface area contributed by atoms with E-state index >= 15 is 0 Å². The van der Waals surface area contributed by atoms with Crippen LogP contribution in [0.25, 0.3) is 5.65 Å². The van der Waals surface area contributed by atoms with E-state index in [1.807, 2.05) is 12.1 Å². The number of aryl methyl sites for hydroxylation is 1. The molecule has 0 bridgehead atoms. The van der Waals surface area contributed by atoms with Crippen LogP contribution in [0.4, 0.5) is 0 Å². The number of carbonyl (C=O) groups is 1. The van der Waals surface area contributed by atoms with Crippen LogP contribution in [0.3, 0.4) is 0 Å². The zero-order chi connectivity index (χ0) is 17.4. The van der Waals surface area contributed by atoms with Gasteiger partial charge in [0.1, 0.15) is 0 Å². The SMILES string of the molecule is COc1cc2c(cc1OC)[C@@H](NC(=O)c1ccn3nnnc3c1)CC2. The molecule has 1 aliphatic rings. The van der Waals surface area contributed by atoms with Crippen LogP contribution in [-0.2, 0) is 6.42 Å². The highest BCUT2D eigenvalue weighted by Gasteiger charge is 2.26. The summed E-state index contributed by atoms with van der Waals surface area (Å²) in [7, 11) is 3.22. The van der Waals surface area contributed by atoms with Gasteiger partial charge in [-0.25, -0.2) is 4.52 Å². The van der Waals surface area contributed by atoms with Crippen molar-refractivity contribution in [3.8, 4) is 11.5 Å². The van der Waals surface area contributed by atoms with E-state index in [0.717, 1.165) is 18.4 Å². The molecule has 8 heteroatoms. The number of fused-ring (bicyclic) bond motifs is 2. The van der Waals surface area contributed by atoms with Gasteiger partial charge in [-0.1, -0.05) is 0 Å². The van der Waals surface area contributed by atoms with Crippen molar-refractivity contribution in [2.24, 2.45) is 0 Å². The van der Waals surface area contributed by atoms with Crippen molar-refractivity contribution >= 4 is 11.6 Å². The van der Waals surface area contributed by atoms with Crippen molar-refractivity contribution in [2.45, 2.75) is 18.9 Å². The van der Waals surface area contributed by atoms with Gasteiger partial charge in [-0.3, -0.25) is 4.79 Å². The Hall–Kier alpha value is -3.16. The van der Waals surface area contributed by atoms with Crippen LogP contribution in [0.1, 0.15) is 33.9 Å². The number of tetrazole rings is 1. The molecule has 1 amide bonds. The summed E-state index contributed by atoms with van der Waals surface area (Å²) < 4.78 is 12.2. The highest BCUT2D eigenvalue weighted by atomic mass is 16.5. The lowest BCUT2D eigenvalue weighted by Crippen LogP contribution is -2.27. The second kappa shape index (κ2) is 6.04. The Balaban J connectivity index is 1.59. The van der Waals surface area contributed by atoms with Gasteiger partial charge in [0.25, 0.3) is 5.91 Å². The molecule has 1 N–H and O–H groups in total. The molecule has 4 rings (SSSR count). The summed E-state index contributed by atoms with van der Waals surface area (Å²) in [6, 6.07) is 7.23. The molecular formula is C17H17N5O3. The van der Waals surface area contributed by atoms with Gasteiger partial charge in [0.2, 0.25) is 0 Å². The monoisotopic (exact) mass is 339 g/mol. The van der Waals surface area contributed by atoms with E-state index in [1.54, 1.807) is 32.5 Å². The molecule has 0 unspecified atom stereocenters. The van der Waals surface area contributed by atoms with E-state index < -0.39 is 0 Å². The molecular weight excluding hydrogens is 322 g/mol. The number of ether oxygens (including phenoxy) is 2. The first kappa shape index (κ1) is 15.4. The fraction of sp³-hybridized carbons (Fsp3) is 0.294. The summed E-state index contributed by atoms with van der Waals surface area (Å²) in [6.45, 7) is 0. The second-order valence-corrected chi connectivity index (χ2v) is 5.87. The zero-order valence-electron chi connectivity index (χ0n) is 13.9. The Morgan fingerprint density at radius 3 is 2.84 bits per heavy atom. The second-order valence-electron chi connectivity index (χ2n) is 5.87. The van der Waals surface area contributed by atoms with E-state index in [9.17, 15) is 4.79 Å². The fourth-order valence-corrected chi connectivity index (χ4v) is 3.21. The zero-order valence-corrected chi connectivity index (χ0v) is 13.9. The Morgan fingerprint density at radius 2 is 2.04 bits per heavy atom. The van der Waals surface area contributed by atoms with Gasteiger partial charge in [-0.05, 0) is 58.7 Å². The number of benzene rings is 1. The lowest BCUT2D eigenvalue weighted by atomic mass is 10.1. The van der Waals surface area contributed by atoms with Crippen molar-refractivity contribution in [1.29, 1.82) is 0 Å². The van der Waals surface area contributed by atoms with Crippen LogP contribution in [0.2, 0.25) is 0 Å². The summed E-state index contributed by atoms with van der Waals surface area (Å²) in [5.41, 5.74) is 3.29. The largest absolute Gasteiger partial charge is 0.493 e. The molecule has 0 spiro atoms. The Morgan fingerprint density at radius 1 is 1.24 bits per heavy atom. The van der Waals surface area contributed by atoms with E-state index in [-0.39, 0.29) is 11.9 Å². The fourth-order valence-electron chi connectivity index (χ4n) is 3.21. The van der Waals surface area contributed by atoms with Crippen LogP contribution in [-0.4, -0.2) is 40.2 Å². The Bertz CT molecular complexity index is 953. The average molecular weight is 339 g/mol. The smallest absolute Gasteiger partial charge is 0.251 e. The van der Waals surface area contributed by atoms with E-state index in [0.29, 0.717) is 22.7 Å². The number of methoxy groups -OCH3 is 2. The molecule has 2 heterocycles. The van der Waals surface area contributed by atoms with Gasteiger partial charge in [-0.15, -0.1) is 5.10 Å². The molecule has 0 saturated carbocycles. The first-order chi connectivity index (χ1) is 12.2. The summed E-state index contributed by atoms with van der Waals surface area (Å²) in [4.78, 5) is 12.6. The molecule has 0 radical (unpaired) electrons. The third-order valence-corrected chi connectivity index (χ3v) is 4.49. The number of hydrogen-bond donors (Lipinski definition) is 1. The normalized spacial score (nSPS) is 15.8. The van der Waals surface area contributed by atoms with Gasteiger partial charge >= 0.3 is 0 Å². The van der Waals surface area contributed by atoms with Crippen molar-refractivity contribution in [1.82, 2.24) is 25.4 Å². The molecule has 8 nitrogen and oxygen atoms in total. The lowest BCUT2D eigenvalue weighted by Gasteiger charge is -2.16. The van der Waals surface area contributed by atoms with Gasteiger partial charge in [0.15, 0.2) is 17.1 Å². The first-order valence-corrected chi connectivity index (χ1v) is 7.93. The molecule has 1 aromatic carbocycles. The van der Waals surface area contributed by atoms with Crippen LogP contribution in [0.15, 0.2) is 30.5 Å². The minimum Gasteiger partial charge on any atom is -0.493 e. The van der Waals surface area contributed by atoms with Crippen LogP contribution in [0.5, 0.6) is 11.5 Å². The molecule has 25 heavy (non-hydrogen) atoms. The van der Waals surface area contributed by atoms with E-state index in [2.05, 4.69) is 20.8 Å². The number of nitrogens with zero attached hydrogens (tertiary/aromatic N) is 4. The first-order valence-electron chi connectivity index (χ1n) is 7.93. The Labute approximate surface area is 143 Å². The van der Waals surface area contributed by atoms with Crippen LogP contribution < -0.4 is 14.8 Å². The molecule has 2 aromatic heterocycles. The number of carbonyl (C=O) groups excluding carboxylic acids is 1. The number of pyridine rings is 1. The molecule has 1 atom stereocenters. The van der Waals surface area contributed by atoms with Crippen molar-refractivity contribution in [3.05, 3.63) is 47.2 Å². The lowest BCUT2D eigenvalue weighted by molar-refractivity contribution is 0.0936. The van der Waals surface area contributed by atoms with E-state index in [1.165, 1.54) is 10.1 Å². The van der Waals surface area contributed by atoms with Gasteiger partial charge in [-0.2, -0.15) is 0 Å². The summed E-state index contributed by atoms with van der Waals surface area (Å²) in [5, 5.41) is 14.3. The maximum absolute atomic E-state index is 12.6. The van der Waals surface area contributed by atoms with E-state index in [4.69, 9.17) is 9.47 Å². The van der Waals surface area contributed by atoms with Gasteiger partial charge in [0.05, 0.1) is 20.3 Å². The number of hydrogen-bond acceptors (Lipinski definition) is 6. The number of nitrogens with one attached hydrogen (secondary N) is 1. The minimum absolute atomic E-state index is 0.0606. The summed E-state index contributed by atoms with van der Waals surface area (Å²) >= 11 is 0. The highest BCUT2D eigenvalue weighted by molar-refractivity contribution is 5.95. The van der Waals surface area contributed by atoms with Gasteiger partial charge < -0.3 is 14.8 Å². The number of rotatable bonds is 4. The Kier molecular flexibility index (Phi) is 3.72. The predicted molar refractivity (Wildman–Crippen MR) is 88.9 cm³/mol. The predicted octanol–water partition coefficient (Wildman–Crippen LogP) is 1.56. The van der Waals surface area contributed by atoms with Gasteiger partial charge in [0, 0.05) is 11.8 Å².